The second-order valence-corrected chi connectivity index (χ2v) is 5.29. The zero-order chi connectivity index (χ0) is 14.4. The average Bonchev–Trinajstić information content (AvgIpc) is 3.02. The maximum atomic E-state index is 11.7. The minimum absolute atomic E-state index is 0.209. The van der Waals surface area contributed by atoms with Gasteiger partial charge in [0.05, 0.1) is 18.7 Å². The number of hydrogen-bond donors (Lipinski definition) is 1. The minimum Gasteiger partial charge on any atom is -0.465 e. The number of carbonyl (C=O) groups is 1. The van der Waals surface area contributed by atoms with Gasteiger partial charge in [-0.3, -0.25) is 0 Å². The molecule has 1 unspecified atom stereocenters. The van der Waals surface area contributed by atoms with E-state index in [4.69, 9.17) is 4.74 Å². The summed E-state index contributed by atoms with van der Waals surface area (Å²) in [5, 5.41) is 6.49. The Bertz CT molecular complexity index is 555. The molecular formula is C15H18N2O2S. The lowest BCUT2D eigenvalue weighted by Gasteiger charge is -2.15. The molecule has 1 heterocycles. The second kappa shape index (κ2) is 7.17. The highest BCUT2D eigenvalue weighted by Crippen LogP contribution is 2.20. The van der Waals surface area contributed by atoms with Crippen LogP contribution in [0.4, 0.5) is 0 Å². The van der Waals surface area contributed by atoms with E-state index in [0.717, 1.165) is 17.0 Å². The van der Waals surface area contributed by atoms with E-state index < -0.39 is 0 Å². The van der Waals surface area contributed by atoms with Crippen molar-refractivity contribution in [2.75, 3.05) is 7.11 Å². The number of aromatic nitrogens is 1. The first-order valence-corrected chi connectivity index (χ1v) is 7.43. The SMILES string of the molecule is CCC(NCc1ccccc1C(=O)OC)c1nccs1. The molecule has 0 bridgehead atoms. The fourth-order valence-electron chi connectivity index (χ4n) is 2.03. The van der Waals surface area contributed by atoms with Gasteiger partial charge in [-0.1, -0.05) is 25.1 Å². The summed E-state index contributed by atoms with van der Waals surface area (Å²) in [5.41, 5.74) is 1.55. The highest BCUT2D eigenvalue weighted by Gasteiger charge is 2.14. The van der Waals surface area contributed by atoms with Crippen LogP contribution in [0.1, 0.15) is 40.3 Å². The Labute approximate surface area is 122 Å². The summed E-state index contributed by atoms with van der Waals surface area (Å²) >= 11 is 1.64. The number of hydrogen-bond acceptors (Lipinski definition) is 5. The Morgan fingerprint density at radius 3 is 2.90 bits per heavy atom. The fraction of sp³-hybridized carbons (Fsp3) is 0.333. The maximum Gasteiger partial charge on any atom is 0.338 e. The van der Waals surface area contributed by atoms with Gasteiger partial charge in [-0.25, -0.2) is 9.78 Å². The number of nitrogens with one attached hydrogen (secondary N) is 1. The molecular weight excluding hydrogens is 272 g/mol. The summed E-state index contributed by atoms with van der Waals surface area (Å²) in [7, 11) is 1.40. The molecule has 0 spiro atoms. The predicted octanol–water partition coefficient (Wildman–Crippen LogP) is 3.17. The molecule has 0 saturated carbocycles. The molecule has 0 saturated heterocycles. The van der Waals surface area contributed by atoms with Gasteiger partial charge in [0, 0.05) is 18.1 Å². The van der Waals surface area contributed by atoms with E-state index in [9.17, 15) is 4.79 Å². The first-order chi connectivity index (χ1) is 9.76. The lowest BCUT2D eigenvalue weighted by Crippen LogP contribution is -2.21. The molecule has 20 heavy (non-hydrogen) atoms. The number of benzene rings is 1. The number of ether oxygens (including phenoxy) is 1. The van der Waals surface area contributed by atoms with Crippen LogP contribution in [0.15, 0.2) is 35.8 Å². The number of esters is 1. The van der Waals surface area contributed by atoms with Crippen molar-refractivity contribution in [1.82, 2.24) is 10.3 Å². The smallest absolute Gasteiger partial charge is 0.338 e. The van der Waals surface area contributed by atoms with E-state index in [1.54, 1.807) is 17.4 Å². The third-order valence-corrected chi connectivity index (χ3v) is 4.01. The van der Waals surface area contributed by atoms with Crippen LogP contribution >= 0.6 is 11.3 Å². The van der Waals surface area contributed by atoms with Crippen LogP contribution in [-0.4, -0.2) is 18.1 Å². The molecule has 0 aliphatic carbocycles. The summed E-state index contributed by atoms with van der Waals surface area (Å²) in [6.45, 7) is 2.73. The molecule has 0 radical (unpaired) electrons. The standard InChI is InChI=1S/C15H18N2O2S/c1-3-13(14-16-8-9-20-14)17-10-11-6-4-5-7-12(11)15(18)19-2/h4-9,13,17H,3,10H2,1-2H3. The highest BCUT2D eigenvalue weighted by molar-refractivity contribution is 7.09. The van der Waals surface area contributed by atoms with Gasteiger partial charge >= 0.3 is 5.97 Å². The normalized spacial score (nSPS) is 12.1. The largest absolute Gasteiger partial charge is 0.465 e. The summed E-state index contributed by atoms with van der Waals surface area (Å²) in [6.07, 6.45) is 2.76. The second-order valence-electron chi connectivity index (χ2n) is 4.36. The van der Waals surface area contributed by atoms with Gasteiger partial charge < -0.3 is 10.1 Å². The maximum absolute atomic E-state index is 11.7. The monoisotopic (exact) mass is 290 g/mol. The zero-order valence-electron chi connectivity index (χ0n) is 11.6. The van der Waals surface area contributed by atoms with Gasteiger partial charge in [0.25, 0.3) is 0 Å². The zero-order valence-corrected chi connectivity index (χ0v) is 12.4. The Balaban J connectivity index is 2.09. The van der Waals surface area contributed by atoms with Crippen molar-refractivity contribution in [2.45, 2.75) is 25.9 Å². The third-order valence-electron chi connectivity index (χ3n) is 3.12. The molecule has 2 rings (SSSR count). The van der Waals surface area contributed by atoms with Crippen molar-refractivity contribution in [3.63, 3.8) is 0 Å². The van der Waals surface area contributed by atoms with Gasteiger partial charge in [-0.2, -0.15) is 0 Å². The van der Waals surface area contributed by atoms with Gasteiger partial charge in [-0.05, 0) is 18.1 Å². The first-order valence-electron chi connectivity index (χ1n) is 6.55. The number of carbonyl (C=O) groups excluding carboxylic acids is 1. The van der Waals surface area contributed by atoms with Crippen molar-refractivity contribution in [3.05, 3.63) is 52.0 Å². The Kier molecular flexibility index (Phi) is 5.26. The summed E-state index contributed by atoms with van der Waals surface area (Å²) in [5.74, 6) is -0.301. The van der Waals surface area contributed by atoms with Crippen LogP contribution in [0.2, 0.25) is 0 Å². The van der Waals surface area contributed by atoms with Gasteiger partial charge in [0.1, 0.15) is 5.01 Å². The van der Waals surface area contributed by atoms with Crippen molar-refractivity contribution in [2.24, 2.45) is 0 Å². The molecule has 1 N–H and O–H groups in total. The first kappa shape index (κ1) is 14.7. The van der Waals surface area contributed by atoms with Crippen LogP contribution in [0.5, 0.6) is 0 Å². The molecule has 0 aliphatic heterocycles. The molecule has 1 aromatic carbocycles. The van der Waals surface area contributed by atoms with Crippen LogP contribution in [-0.2, 0) is 11.3 Å². The van der Waals surface area contributed by atoms with Gasteiger partial charge in [0.15, 0.2) is 0 Å². The highest BCUT2D eigenvalue weighted by atomic mass is 32.1. The van der Waals surface area contributed by atoms with Gasteiger partial charge in [0.2, 0.25) is 0 Å². The Hall–Kier alpha value is -1.72. The van der Waals surface area contributed by atoms with Crippen molar-refractivity contribution in [1.29, 1.82) is 0 Å². The number of rotatable bonds is 6. The third kappa shape index (κ3) is 3.43. The van der Waals surface area contributed by atoms with E-state index in [1.165, 1.54) is 7.11 Å². The molecule has 0 amide bonds. The Morgan fingerprint density at radius 2 is 2.25 bits per heavy atom. The molecule has 0 aliphatic rings. The van der Waals surface area contributed by atoms with E-state index in [2.05, 4.69) is 17.2 Å². The van der Waals surface area contributed by atoms with E-state index in [1.807, 2.05) is 29.8 Å². The van der Waals surface area contributed by atoms with Crippen LogP contribution < -0.4 is 5.32 Å². The van der Waals surface area contributed by atoms with Crippen molar-refractivity contribution in [3.8, 4) is 0 Å². The lowest BCUT2D eigenvalue weighted by molar-refractivity contribution is 0.0599. The molecule has 4 nitrogen and oxygen atoms in total. The number of thiazole rings is 1. The predicted molar refractivity (Wildman–Crippen MR) is 79.8 cm³/mol. The Morgan fingerprint density at radius 1 is 1.45 bits per heavy atom. The van der Waals surface area contributed by atoms with E-state index in [0.29, 0.717) is 12.1 Å². The summed E-state index contributed by atoms with van der Waals surface area (Å²) in [4.78, 5) is 16.1. The van der Waals surface area contributed by atoms with Crippen LogP contribution in [0.3, 0.4) is 0 Å². The molecule has 2 aromatic rings. The number of methoxy groups -OCH3 is 1. The molecule has 5 heteroatoms. The average molecular weight is 290 g/mol. The van der Waals surface area contributed by atoms with Crippen LogP contribution in [0.25, 0.3) is 0 Å². The molecule has 1 atom stereocenters. The fourth-order valence-corrected chi connectivity index (χ4v) is 2.83. The van der Waals surface area contributed by atoms with Crippen molar-refractivity contribution < 1.29 is 9.53 Å². The minimum atomic E-state index is -0.301. The topological polar surface area (TPSA) is 51.2 Å². The summed E-state index contributed by atoms with van der Waals surface area (Å²) < 4.78 is 4.81. The van der Waals surface area contributed by atoms with Crippen LogP contribution in [0, 0.1) is 0 Å². The summed E-state index contributed by atoms with van der Waals surface area (Å²) in [6, 6.07) is 7.70. The molecule has 0 fully saturated rings. The lowest BCUT2D eigenvalue weighted by atomic mass is 10.1. The molecule has 106 valence electrons. The van der Waals surface area contributed by atoms with Gasteiger partial charge in [-0.15, -0.1) is 11.3 Å². The van der Waals surface area contributed by atoms with E-state index >= 15 is 0 Å². The quantitative estimate of drug-likeness (QED) is 0.830. The molecule has 1 aromatic heterocycles. The van der Waals surface area contributed by atoms with E-state index in [-0.39, 0.29) is 12.0 Å². The number of nitrogens with zero attached hydrogens (tertiary/aromatic N) is 1. The van der Waals surface area contributed by atoms with Crippen molar-refractivity contribution >= 4 is 17.3 Å².